The number of aliphatic hydroxyl groups is 1. The van der Waals surface area contributed by atoms with E-state index >= 15 is 0 Å². The number of cyclic esters (lactones) is 1. The fourth-order valence-corrected chi connectivity index (χ4v) is 5.36. The van der Waals surface area contributed by atoms with E-state index in [1.807, 2.05) is 0 Å². The first kappa shape index (κ1) is 22.9. The molecule has 10 nitrogen and oxygen atoms in total. The van der Waals surface area contributed by atoms with Crippen LogP contribution < -0.4 is 10.2 Å². The number of carbonyl (C=O) groups is 2. The average Bonchev–Trinajstić information content (AvgIpc) is 3.42. The minimum absolute atomic E-state index is 0.000631. The van der Waals surface area contributed by atoms with Crippen LogP contribution in [0.25, 0.3) is 5.57 Å². The molecular weight excluding hydrogens is 455 g/mol. The highest BCUT2D eigenvalue weighted by Crippen LogP contribution is 2.30. The van der Waals surface area contributed by atoms with Crippen LogP contribution in [0.5, 0.6) is 0 Å². The predicted molar refractivity (Wildman–Crippen MR) is 119 cm³/mol. The first-order valence-electron chi connectivity index (χ1n) is 10.3. The molecule has 1 unspecified atom stereocenters. The molecule has 2 N–H and O–H groups in total. The van der Waals surface area contributed by atoms with Crippen molar-refractivity contribution in [3.8, 4) is 0 Å². The molecule has 0 bridgehead atoms. The van der Waals surface area contributed by atoms with E-state index in [0.717, 1.165) is 0 Å². The Morgan fingerprint density at radius 3 is 2.91 bits per heavy atom. The van der Waals surface area contributed by atoms with Gasteiger partial charge in [-0.3, -0.25) is 9.69 Å². The summed E-state index contributed by atoms with van der Waals surface area (Å²) in [6.07, 6.45) is 0.970. The molecule has 0 aliphatic carbocycles. The molecule has 3 atom stereocenters. The third-order valence-electron chi connectivity index (χ3n) is 5.33. The molecule has 2 amide bonds. The number of allylic oxidation sites excluding steroid dienone is 1. The average molecular weight is 479 g/mol. The molecule has 176 valence electrons. The number of aliphatic hydroxyl groups excluding tert-OH is 1. The monoisotopic (exact) mass is 478 g/mol. The minimum atomic E-state index is -2.81. The first-order valence-corrected chi connectivity index (χ1v) is 12.2. The third kappa shape index (κ3) is 5.22. The zero-order chi connectivity index (χ0) is 23.6. The Morgan fingerprint density at radius 1 is 1.45 bits per heavy atom. The summed E-state index contributed by atoms with van der Waals surface area (Å²) in [5, 5.41) is 16.0. The van der Waals surface area contributed by atoms with Crippen LogP contribution in [-0.4, -0.2) is 63.3 Å². The van der Waals surface area contributed by atoms with E-state index in [0.29, 0.717) is 29.2 Å². The lowest BCUT2D eigenvalue weighted by Crippen LogP contribution is -2.27. The summed E-state index contributed by atoms with van der Waals surface area (Å²) in [6.45, 7) is 1.83. The number of anilines is 2. The van der Waals surface area contributed by atoms with Gasteiger partial charge in [0, 0.05) is 17.4 Å². The van der Waals surface area contributed by atoms with Gasteiger partial charge in [0.2, 0.25) is 0 Å². The number of ether oxygens (including phenoxy) is 1. The summed E-state index contributed by atoms with van der Waals surface area (Å²) >= 11 is 0. The predicted octanol–water partition coefficient (Wildman–Crippen LogP) is 2.41. The number of nitrogens with zero attached hydrogens (tertiary/aromatic N) is 3. The fraction of sp³-hybridized carbons (Fsp3) is 0.381. The van der Waals surface area contributed by atoms with Crippen LogP contribution in [0.3, 0.4) is 0 Å². The van der Waals surface area contributed by atoms with Gasteiger partial charge in [0.1, 0.15) is 24.3 Å². The quantitative estimate of drug-likeness (QED) is 0.646. The lowest BCUT2D eigenvalue weighted by Gasteiger charge is -2.19. The summed E-state index contributed by atoms with van der Waals surface area (Å²) in [4.78, 5) is 25.2. The Balaban J connectivity index is 1.44. The zero-order valence-electron chi connectivity index (χ0n) is 17.8. The van der Waals surface area contributed by atoms with Gasteiger partial charge < -0.3 is 19.7 Å². The summed E-state index contributed by atoms with van der Waals surface area (Å²) in [5.41, 5.74) is 1.35. The van der Waals surface area contributed by atoms with Gasteiger partial charge in [0.15, 0.2) is 5.82 Å². The third-order valence-corrected chi connectivity index (χ3v) is 7.37. The Kier molecular flexibility index (Phi) is 6.47. The molecule has 12 heteroatoms. The zero-order valence-corrected chi connectivity index (χ0v) is 18.6. The number of aromatic nitrogens is 1. The van der Waals surface area contributed by atoms with E-state index in [1.165, 1.54) is 24.2 Å². The van der Waals surface area contributed by atoms with Crippen molar-refractivity contribution in [2.24, 2.45) is 4.36 Å². The molecule has 4 rings (SSSR count). The maximum atomic E-state index is 14.9. The Bertz CT molecular complexity index is 1200. The number of hydrogen-bond donors (Lipinski definition) is 2. The van der Waals surface area contributed by atoms with Crippen molar-refractivity contribution in [2.45, 2.75) is 25.6 Å². The molecule has 1 aromatic carbocycles. The van der Waals surface area contributed by atoms with Crippen LogP contribution in [-0.2, 0) is 19.3 Å². The standard InChI is InChI=1S/C21H23FN4O6S/c1-13(27)20(28)25-33(30)8-5-14(6-9-33)17-3-2-15(10-18(17)22)26-12-16(32-21(26)29)11-23-19-4-7-31-24-19/h2-5,7,10,13,16,27H,6,8-9,11-12H2,1H3,(H,23,24)/t13-,16-,33?/m0/s1. The summed E-state index contributed by atoms with van der Waals surface area (Å²) in [7, 11) is -2.81. The van der Waals surface area contributed by atoms with Crippen molar-refractivity contribution in [1.29, 1.82) is 0 Å². The second kappa shape index (κ2) is 9.32. The van der Waals surface area contributed by atoms with Crippen molar-refractivity contribution in [3.63, 3.8) is 0 Å². The molecule has 0 spiro atoms. The first-order chi connectivity index (χ1) is 15.7. The van der Waals surface area contributed by atoms with Crippen LogP contribution in [0.15, 0.2) is 45.5 Å². The van der Waals surface area contributed by atoms with Gasteiger partial charge in [-0.1, -0.05) is 11.2 Å². The molecule has 1 saturated heterocycles. The van der Waals surface area contributed by atoms with Crippen LogP contribution in [0, 0.1) is 5.82 Å². The van der Waals surface area contributed by atoms with E-state index in [9.17, 15) is 23.3 Å². The molecule has 1 aromatic heterocycles. The number of hydrogen-bond acceptors (Lipinski definition) is 8. The minimum Gasteiger partial charge on any atom is -0.442 e. The summed E-state index contributed by atoms with van der Waals surface area (Å²) in [5.74, 6) is -0.731. The van der Waals surface area contributed by atoms with Crippen molar-refractivity contribution >= 4 is 38.8 Å². The van der Waals surface area contributed by atoms with Crippen molar-refractivity contribution < 1.29 is 32.6 Å². The lowest BCUT2D eigenvalue weighted by atomic mass is 10.0. The number of nitrogens with one attached hydrogen (secondary N) is 1. The van der Waals surface area contributed by atoms with Gasteiger partial charge in [0.05, 0.1) is 34.3 Å². The second-order valence-corrected chi connectivity index (χ2v) is 10.2. The van der Waals surface area contributed by atoms with Crippen molar-refractivity contribution in [3.05, 3.63) is 48.0 Å². The van der Waals surface area contributed by atoms with Crippen molar-refractivity contribution in [1.82, 2.24) is 5.16 Å². The SMILES string of the molecule is C[C@H](O)C(=O)N=S1(=O)CC=C(c2ccc(N3C[C@H](CNc4ccon4)OC3=O)cc2F)CC1. The second-order valence-electron chi connectivity index (χ2n) is 7.77. The van der Waals surface area contributed by atoms with E-state index < -0.39 is 39.8 Å². The maximum absolute atomic E-state index is 14.9. The number of amides is 2. The van der Waals surface area contributed by atoms with E-state index in [4.69, 9.17) is 9.26 Å². The van der Waals surface area contributed by atoms with Gasteiger partial charge in [-0.05, 0) is 37.1 Å². The van der Waals surface area contributed by atoms with E-state index in [-0.39, 0.29) is 24.5 Å². The molecule has 0 saturated carbocycles. The molecule has 2 aromatic rings. The van der Waals surface area contributed by atoms with Gasteiger partial charge in [-0.15, -0.1) is 0 Å². The van der Waals surface area contributed by atoms with Crippen LogP contribution in [0.4, 0.5) is 20.7 Å². The van der Waals surface area contributed by atoms with Crippen molar-refractivity contribution in [2.75, 3.05) is 34.8 Å². The smallest absolute Gasteiger partial charge is 0.414 e. The number of benzene rings is 1. The molecular formula is C21H23FN4O6S. The highest BCUT2D eigenvalue weighted by atomic mass is 32.2. The van der Waals surface area contributed by atoms with Crippen LogP contribution >= 0.6 is 0 Å². The molecule has 33 heavy (non-hydrogen) atoms. The highest BCUT2D eigenvalue weighted by molar-refractivity contribution is 7.94. The Hall–Kier alpha value is -3.25. The number of carbonyl (C=O) groups excluding carboxylic acids is 2. The Morgan fingerprint density at radius 2 is 2.27 bits per heavy atom. The Labute approximate surface area is 189 Å². The van der Waals surface area contributed by atoms with Gasteiger partial charge in [0.25, 0.3) is 5.91 Å². The van der Waals surface area contributed by atoms with Gasteiger partial charge >= 0.3 is 6.09 Å². The van der Waals surface area contributed by atoms with Gasteiger partial charge in [-0.25, -0.2) is 13.4 Å². The maximum Gasteiger partial charge on any atom is 0.414 e. The largest absolute Gasteiger partial charge is 0.442 e. The summed E-state index contributed by atoms with van der Waals surface area (Å²) in [6, 6.07) is 6.09. The molecule has 0 radical (unpaired) electrons. The highest BCUT2D eigenvalue weighted by Gasteiger charge is 2.33. The molecule has 2 aliphatic rings. The topological polar surface area (TPSA) is 134 Å². The lowest BCUT2D eigenvalue weighted by molar-refractivity contribution is -0.124. The van der Waals surface area contributed by atoms with E-state index in [2.05, 4.69) is 14.8 Å². The number of halogens is 1. The van der Waals surface area contributed by atoms with E-state index in [1.54, 1.807) is 24.3 Å². The van der Waals surface area contributed by atoms with Crippen LogP contribution in [0.1, 0.15) is 18.9 Å². The fourth-order valence-electron chi connectivity index (χ4n) is 3.55. The normalized spacial score (nSPS) is 23.6. The summed E-state index contributed by atoms with van der Waals surface area (Å²) < 4.78 is 41.3. The molecule has 1 fully saturated rings. The molecule has 3 heterocycles. The number of rotatable bonds is 6. The van der Waals surface area contributed by atoms with Gasteiger partial charge in [-0.2, -0.15) is 4.36 Å². The molecule has 2 aliphatic heterocycles. The van der Waals surface area contributed by atoms with Crippen LogP contribution in [0.2, 0.25) is 0 Å².